The van der Waals surface area contributed by atoms with E-state index in [2.05, 4.69) is 15.5 Å². The molecule has 1 atom stereocenters. The molecule has 1 saturated carbocycles. The molecule has 1 aliphatic carbocycles. The van der Waals surface area contributed by atoms with Gasteiger partial charge in [-0.15, -0.1) is 0 Å². The van der Waals surface area contributed by atoms with Gasteiger partial charge in [-0.25, -0.2) is 0 Å². The number of hydrogen-bond donors (Lipinski definition) is 2. The van der Waals surface area contributed by atoms with Gasteiger partial charge in [0.15, 0.2) is 0 Å². The van der Waals surface area contributed by atoms with Crippen LogP contribution in [-0.2, 0) is 9.53 Å². The smallest absolute Gasteiger partial charge is 0.233 e. The number of likely N-dealkylation sites (tertiary alicyclic amines) is 1. The lowest BCUT2D eigenvalue weighted by Crippen LogP contribution is -2.37. The van der Waals surface area contributed by atoms with Crippen molar-refractivity contribution in [2.75, 3.05) is 46.4 Å². The van der Waals surface area contributed by atoms with Crippen LogP contribution in [0, 0.1) is 5.92 Å². The molecule has 1 aliphatic heterocycles. The summed E-state index contributed by atoms with van der Waals surface area (Å²) in [6, 6.07) is 0.883. The molecule has 0 aromatic rings. The van der Waals surface area contributed by atoms with Gasteiger partial charge in [-0.3, -0.25) is 4.79 Å². The quantitative estimate of drug-likeness (QED) is 0.588. The molecular weight excluding hydrogens is 242 g/mol. The molecule has 1 saturated heterocycles. The van der Waals surface area contributed by atoms with Gasteiger partial charge in [-0.1, -0.05) is 0 Å². The fraction of sp³-hybridized carbons (Fsp3) is 0.929. The minimum Gasteiger partial charge on any atom is -0.385 e. The summed E-state index contributed by atoms with van der Waals surface area (Å²) < 4.78 is 4.94. The highest BCUT2D eigenvalue weighted by molar-refractivity contribution is 5.77. The second kappa shape index (κ2) is 7.82. The third-order valence-corrected chi connectivity index (χ3v) is 3.95. The Balaban J connectivity index is 1.46. The summed E-state index contributed by atoms with van der Waals surface area (Å²) in [6.07, 6.45) is 4.94. The average molecular weight is 269 g/mol. The van der Waals surface area contributed by atoms with Crippen molar-refractivity contribution >= 4 is 5.91 Å². The van der Waals surface area contributed by atoms with Gasteiger partial charge in [0.1, 0.15) is 0 Å². The number of nitrogens with zero attached hydrogens (tertiary/aromatic N) is 1. The van der Waals surface area contributed by atoms with Crippen LogP contribution in [0.5, 0.6) is 0 Å². The zero-order valence-corrected chi connectivity index (χ0v) is 12.0. The van der Waals surface area contributed by atoms with E-state index in [1.807, 2.05) is 0 Å². The Hall–Kier alpha value is -0.650. The lowest BCUT2D eigenvalue weighted by atomic mass is 10.1. The molecule has 2 aliphatic rings. The van der Waals surface area contributed by atoms with Crippen LogP contribution in [0.25, 0.3) is 0 Å². The first kappa shape index (κ1) is 14.8. The summed E-state index contributed by atoms with van der Waals surface area (Å²) in [6.45, 7) is 5.27. The van der Waals surface area contributed by atoms with Crippen molar-refractivity contribution in [1.29, 1.82) is 0 Å². The third-order valence-electron chi connectivity index (χ3n) is 3.95. The number of ether oxygens (including phenoxy) is 1. The monoisotopic (exact) mass is 269 g/mol. The largest absolute Gasteiger partial charge is 0.385 e. The Bertz CT molecular complexity index is 282. The van der Waals surface area contributed by atoms with E-state index in [1.54, 1.807) is 7.11 Å². The van der Waals surface area contributed by atoms with Crippen molar-refractivity contribution < 1.29 is 9.53 Å². The fourth-order valence-electron chi connectivity index (χ4n) is 2.70. The van der Waals surface area contributed by atoms with Crippen molar-refractivity contribution in [3.8, 4) is 0 Å². The van der Waals surface area contributed by atoms with E-state index in [1.165, 1.54) is 32.4 Å². The van der Waals surface area contributed by atoms with Crippen LogP contribution in [0.15, 0.2) is 0 Å². The van der Waals surface area contributed by atoms with E-state index in [-0.39, 0.29) is 5.91 Å². The van der Waals surface area contributed by atoms with Gasteiger partial charge in [0.05, 0.1) is 6.54 Å². The van der Waals surface area contributed by atoms with E-state index in [4.69, 9.17) is 4.74 Å². The van der Waals surface area contributed by atoms with Crippen molar-refractivity contribution in [1.82, 2.24) is 15.5 Å². The molecule has 0 aromatic carbocycles. The first-order valence-electron chi connectivity index (χ1n) is 7.50. The molecule has 1 amide bonds. The summed E-state index contributed by atoms with van der Waals surface area (Å²) >= 11 is 0. The van der Waals surface area contributed by atoms with E-state index in [0.29, 0.717) is 19.7 Å². The highest BCUT2D eigenvalue weighted by atomic mass is 16.5. The minimum absolute atomic E-state index is 0.0909. The second-order valence-electron chi connectivity index (χ2n) is 5.71. The Morgan fingerprint density at radius 1 is 1.37 bits per heavy atom. The molecule has 1 unspecified atom stereocenters. The molecule has 0 spiro atoms. The van der Waals surface area contributed by atoms with Gasteiger partial charge in [-0.2, -0.15) is 0 Å². The van der Waals surface area contributed by atoms with Gasteiger partial charge in [0.2, 0.25) is 5.91 Å². The Morgan fingerprint density at radius 2 is 2.21 bits per heavy atom. The molecule has 0 aromatic heterocycles. The standard InChI is InChI=1S/C14H27N3O2/c1-19-8-2-6-16-14(18)10-15-9-12-5-7-17(11-12)13-3-4-13/h12-13,15H,2-11H2,1H3,(H,16,18). The molecule has 2 N–H and O–H groups in total. The summed E-state index contributed by atoms with van der Waals surface area (Å²) in [5.41, 5.74) is 0. The summed E-state index contributed by atoms with van der Waals surface area (Å²) in [5, 5.41) is 6.17. The highest BCUT2D eigenvalue weighted by Gasteiger charge is 2.33. The molecule has 0 radical (unpaired) electrons. The number of amides is 1. The predicted molar refractivity (Wildman–Crippen MR) is 75.1 cm³/mol. The highest BCUT2D eigenvalue weighted by Crippen LogP contribution is 2.31. The minimum atomic E-state index is 0.0909. The number of methoxy groups -OCH3 is 1. The topological polar surface area (TPSA) is 53.6 Å². The molecule has 19 heavy (non-hydrogen) atoms. The predicted octanol–water partition coefficient (Wildman–Crippen LogP) is 0.213. The lowest BCUT2D eigenvalue weighted by molar-refractivity contribution is -0.120. The molecule has 1 heterocycles. The maximum atomic E-state index is 11.5. The maximum Gasteiger partial charge on any atom is 0.233 e. The van der Waals surface area contributed by atoms with E-state index in [9.17, 15) is 4.79 Å². The number of carbonyl (C=O) groups is 1. The lowest BCUT2D eigenvalue weighted by Gasteiger charge is -2.15. The van der Waals surface area contributed by atoms with Crippen LogP contribution in [0.3, 0.4) is 0 Å². The summed E-state index contributed by atoms with van der Waals surface area (Å²) in [5.74, 6) is 0.815. The van der Waals surface area contributed by atoms with Crippen LogP contribution < -0.4 is 10.6 Å². The van der Waals surface area contributed by atoms with Crippen LogP contribution in [0.4, 0.5) is 0 Å². The second-order valence-corrected chi connectivity index (χ2v) is 5.71. The van der Waals surface area contributed by atoms with Gasteiger partial charge >= 0.3 is 0 Å². The Kier molecular flexibility index (Phi) is 6.07. The van der Waals surface area contributed by atoms with Crippen molar-refractivity contribution in [2.24, 2.45) is 5.92 Å². The van der Waals surface area contributed by atoms with Crippen molar-refractivity contribution in [3.63, 3.8) is 0 Å². The Morgan fingerprint density at radius 3 is 2.95 bits per heavy atom. The number of carbonyl (C=O) groups excluding carboxylic acids is 1. The van der Waals surface area contributed by atoms with Crippen LogP contribution in [0.1, 0.15) is 25.7 Å². The number of nitrogens with one attached hydrogen (secondary N) is 2. The first-order chi connectivity index (χ1) is 9.29. The first-order valence-corrected chi connectivity index (χ1v) is 7.50. The normalized spacial score (nSPS) is 23.7. The van der Waals surface area contributed by atoms with Gasteiger partial charge < -0.3 is 20.3 Å². The fourth-order valence-corrected chi connectivity index (χ4v) is 2.70. The van der Waals surface area contributed by atoms with Crippen LogP contribution >= 0.6 is 0 Å². The zero-order valence-electron chi connectivity index (χ0n) is 12.0. The van der Waals surface area contributed by atoms with Crippen LogP contribution in [-0.4, -0.2) is 63.3 Å². The van der Waals surface area contributed by atoms with Gasteiger partial charge in [0.25, 0.3) is 0 Å². The number of rotatable bonds is 9. The molecule has 5 heteroatoms. The van der Waals surface area contributed by atoms with Crippen LogP contribution in [0.2, 0.25) is 0 Å². The summed E-state index contributed by atoms with van der Waals surface area (Å²) in [4.78, 5) is 14.1. The maximum absolute atomic E-state index is 11.5. The van der Waals surface area contributed by atoms with Gasteiger partial charge in [-0.05, 0) is 44.7 Å². The molecule has 2 rings (SSSR count). The molecule has 0 bridgehead atoms. The Labute approximate surface area is 116 Å². The van der Waals surface area contributed by atoms with Gasteiger partial charge in [0, 0.05) is 32.8 Å². The molecular formula is C14H27N3O2. The SMILES string of the molecule is COCCCNC(=O)CNCC1CCN(C2CC2)C1. The van der Waals surface area contributed by atoms with E-state index >= 15 is 0 Å². The van der Waals surface area contributed by atoms with Crippen molar-refractivity contribution in [3.05, 3.63) is 0 Å². The zero-order chi connectivity index (χ0) is 13.5. The molecule has 5 nitrogen and oxygen atoms in total. The van der Waals surface area contributed by atoms with E-state index in [0.717, 1.165) is 24.9 Å². The molecule has 110 valence electrons. The van der Waals surface area contributed by atoms with Crippen molar-refractivity contribution in [2.45, 2.75) is 31.7 Å². The average Bonchev–Trinajstić information content (AvgIpc) is 3.15. The summed E-state index contributed by atoms with van der Waals surface area (Å²) in [7, 11) is 1.68. The molecule has 2 fully saturated rings. The third kappa shape index (κ3) is 5.47. The van der Waals surface area contributed by atoms with E-state index < -0.39 is 0 Å². The number of hydrogen-bond acceptors (Lipinski definition) is 4.